The Morgan fingerprint density at radius 3 is 2.62 bits per heavy atom. The Morgan fingerprint density at radius 1 is 1.22 bits per heavy atom. The maximum atomic E-state index is 13.0. The number of halogens is 1. The summed E-state index contributed by atoms with van der Waals surface area (Å²) in [6.45, 7) is 5.09. The van der Waals surface area contributed by atoms with Crippen molar-refractivity contribution in [2.24, 2.45) is 0 Å². The lowest BCUT2D eigenvalue weighted by atomic mass is 10.2. The highest BCUT2D eigenvalue weighted by Gasteiger charge is 2.32. The summed E-state index contributed by atoms with van der Waals surface area (Å²) in [6.07, 6.45) is -1.07. The molecule has 3 heterocycles. The lowest BCUT2D eigenvalue weighted by molar-refractivity contribution is -0.174. The van der Waals surface area contributed by atoms with Gasteiger partial charge in [-0.25, -0.2) is 4.79 Å². The Balaban J connectivity index is 0.00000141. The van der Waals surface area contributed by atoms with Crippen LogP contribution in [0.1, 0.15) is 23.5 Å². The molecular formula is C21H24FN3O6S. The van der Waals surface area contributed by atoms with Gasteiger partial charge in [-0.15, -0.1) is 11.3 Å². The van der Waals surface area contributed by atoms with Crippen molar-refractivity contribution < 1.29 is 33.1 Å². The van der Waals surface area contributed by atoms with E-state index in [0.29, 0.717) is 24.6 Å². The summed E-state index contributed by atoms with van der Waals surface area (Å²) in [7, 11) is 0. The number of carbonyl (C=O) groups excluding carboxylic acids is 3. The maximum Gasteiger partial charge on any atom is 0.414 e. The molecule has 1 unspecified atom stereocenters. The van der Waals surface area contributed by atoms with Gasteiger partial charge in [0.2, 0.25) is 0 Å². The number of rotatable bonds is 6. The van der Waals surface area contributed by atoms with Crippen LogP contribution in [0.25, 0.3) is 0 Å². The Bertz CT molecular complexity index is 951. The molecule has 32 heavy (non-hydrogen) atoms. The highest BCUT2D eigenvalue weighted by Crippen LogP contribution is 2.25. The van der Waals surface area contributed by atoms with Crippen LogP contribution in [-0.2, 0) is 14.3 Å². The minimum atomic E-state index is -0.534. The van der Waals surface area contributed by atoms with Crippen LogP contribution >= 0.6 is 11.3 Å². The van der Waals surface area contributed by atoms with Gasteiger partial charge in [0, 0.05) is 5.69 Å². The first-order valence-electron chi connectivity index (χ1n) is 10.2. The number of thiophene rings is 1. The van der Waals surface area contributed by atoms with Crippen molar-refractivity contribution >= 4 is 34.9 Å². The van der Waals surface area contributed by atoms with E-state index >= 15 is 0 Å². The lowest BCUT2D eigenvalue weighted by Gasteiger charge is -2.26. The minimum absolute atomic E-state index is 0.0168. The van der Waals surface area contributed by atoms with E-state index < -0.39 is 23.2 Å². The van der Waals surface area contributed by atoms with Crippen LogP contribution in [0.2, 0.25) is 0 Å². The maximum absolute atomic E-state index is 13.0. The van der Waals surface area contributed by atoms with Gasteiger partial charge in [-0.2, -0.15) is 9.45 Å². The van der Waals surface area contributed by atoms with Gasteiger partial charge in [-0.1, -0.05) is 13.8 Å². The number of hydrogen-bond acceptors (Lipinski definition) is 7. The molecule has 0 bridgehead atoms. The van der Waals surface area contributed by atoms with Crippen LogP contribution in [0.5, 0.6) is 5.75 Å². The second-order valence-corrected chi connectivity index (χ2v) is 7.60. The standard InChI is InChI=1S/C19H18FN3O6S.C2H6/c20-16-6-5-15(30-16)18(25)21-9-14-10-22(19(26)28-14)12-1-3-13(4-2-12)29-23-7-8-27-11-17(23)24;1-2/h1-6,14H,7-11H2,(H,21,25);1-2H3. The number of anilines is 1. The zero-order chi connectivity index (χ0) is 23.1. The van der Waals surface area contributed by atoms with Gasteiger partial charge in [0.25, 0.3) is 11.8 Å². The van der Waals surface area contributed by atoms with Crippen LogP contribution in [-0.4, -0.2) is 61.9 Å². The topological polar surface area (TPSA) is 97.4 Å². The number of morpholine rings is 1. The molecule has 4 rings (SSSR count). The minimum Gasteiger partial charge on any atom is -0.442 e. The number of carbonyl (C=O) groups is 3. The van der Waals surface area contributed by atoms with E-state index in [0.717, 1.165) is 11.3 Å². The average molecular weight is 466 g/mol. The second kappa shape index (κ2) is 10.9. The number of hydrogen-bond donors (Lipinski definition) is 1. The Kier molecular flexibility index (Phi) is 8.01. The molecule has 0 saturated carbocycles. The van der Waals surface area contributed by atoms with Crippen LogP contribution < -0.4 is 15.1 Å². The third-order valence-electron chi connectivity index (χ3n) is 4.47. The smallest absolute Gasteiger partial charge is 0.414 e. The predicted octanol–water partition coefficient (Wildman–Crippen LogP) is 2.82. The van der Waals surface area contributed by atoms with E-state index in [1.54, 1.807) is 24.3 Å². The largest absolute Gasteiger partial charge is 0.442 e. The van der Waals surface area contributed by atoms with Crippen LogP contribution in [0.3, 0.4) is 0 Å². The SMILES string of the molecule is CC.O=C(NCC1CN(c2ccc(ON3CCOCC3=O)cc2)C(=O)O1)c1ccc(F)s1. The highest BCUT2D eigenvalue weighted by molar-refractivity contribution is 7.12. The van der Waals surface area contributed by atoms with Crippen molar-refractivity contribution in [3.8, 4) is 5.75 Å². The Hall–Kier alpha value is -3.18. The number of amides is 3. The number of cyclic esters (lactones) is 1. The van der Waals surface area contributed by atoms with Gasteiger partial charge < -0.3 is 19.6 Å². The highest BCUT2D eigenvalue weighted by atomic mass is 32.1. The fourth-order valence-corrected chi connectivity index (χ4v) is 3.63. The molecule has 2 aliphatic heterocycles. The Morgan fingerprint density at radius 2 is 1.97 bits per heavy atom. The molecule has 1 aromatic carbocycles. The molecule has 0 aliphatic carbocycles. The molecule has 2 saturated heterocycles. The van der Waals surface area contributed by atoms with Crippen LogP contribution in [0, 0.1) is 5.13 Å². The average Bonchev–Trinajstić information content (AvgIpc) is 3.41. The fraction of sp³-hybridized carbons (Fsp3) is 0.381. The number of nitrogens with zero attached hydrogens (tertiary/aromatic N) is 2. The van der Waals surface area contributed by atoms with E-state index in [4.69, 9.17) is 14.3 Å². The van der Waals surface area contributed by atoms with Gasteiger partial charge in [0.15, 0.2) is 10.9 Å². The summed E-state index contributed by atoms with van der Waals surface area (Å²) in [5.74, 6) is -0.227. The number of hydroxylamine groups is 2. The normalized spacial score (nSPS) is 18.0. The second-order valence-electron chi connectivity index (χ2n) is 6.56. The van der Waals surface area contributed by atoms with Crippen LogP contribution in [0.15, 0.2) is 36.4 Å². The molecule has 2 aliphatic rings. The molecule has 1 atom stereocenters. The van der Waals surface area contributed by atoms with Crippen molar-refractivity contribution in [3.05, 3.63) is 46.4 Å². The third-order valence-corrected chi connectivity index (χ3v) is 5.34. The zero-order valence-electron chi connectivity index (χ0n) is 17.7. The zero-order valence-corrected chi connectivity index (χ0v) is 18.5. The molecule has 0 spiro atoms. The van der Waals surface area contributed by atoms with Gasteiger partial charge in [0.05, 0.1) is 31.1 Å². The quantitative estimate of drug-likeness (QED) is 0.705. The van der Waals surface area contributed by atoms with Gasteiger partial charge >= 0.3 is 6.09 Å². The van der Waals surface area contributed by atoms with Crippen molar-refractivity contribution in [2.75, 3.05) is 37.7 Å². The van der Waals surface area contributed by atoms with Gasteiger partial charge in [0.1, 0.15) is 12.7 Å². The third kappa shape index (κ3) is 5.74. The van der Waals surface area contributed by atoms with E-state index in [-0.39, 0.29) is 30.5 Å². The fourth-order valence-electron chi connectivity index (χ4n) is 2.98. The van der Waals surface area contributed by atoms with Crippen LogP contribution in [0.4, 0.5) is 14.9 Å². The molecule has 1 aromatic heterocycles. The van der Waals surface area contributed by atoms with E-state index in [2.05, 4.69) is 5.32 Å². The van der Waals surface area contributed by atoms with E-state index in [9.17, 15) is 18.8 Å². The molecule has 11 heteroatoms. The Labute approximate surface area is 188 Å². The van der Waals surface area contributed by atoms with Crippen molar-refractivity contribution in [3.63, 3.8) is 0 Å². The number of ether oxygens (including phenoxy) is 2. The first-order chi connectivity index (χ1) is 15.5. The summed E-state index contributed by atoms with van der Waals surface area (Å²) in [4.78, 5) is 43.1. The van der Waals surface area contributed by atoms with E-state index in [1.807, 2.05) is 13.8 Å². The summed E-state index contributed by atoms with van der Waals surface area (Å²) in [5.41, 5.74) is 0.592. The van der Waals surface area contributed by atoms with Crippen molar-refractivity contribution in [1.29, 1.82) is 0 Å². The number of nitrogens with one attached hydrogen (secondary N) is 1. The molecule has 0 radical (unpaired) electrons. The van der Waals surface area contributed by atoms with Crippen molar-refractivity contribution in [2.45, 2.75) is 20.0 Å². The molecule has 3 amide bonds. The molecule has 9 nitrogen and oxygen atoms in total. The molecule has 2 aromatic rings. The summed E-state index contributed by atoms with van der Waals surface area (Å²) >= 11 is 0.750. The summed E-state index contributed by atoms with van der Waals surface area (Å²) in [6, 6.07) is 9.26. The first kappa shape index (κ1) is 23.5. The molecular weight excluding hydrogens is 441 g/mol. The van der Waals surface area contributed by atoms with Crippen molar-refractivity contribution in [1.82, 2.24) is 10.4 Å². The summed E-state index contributed by atoms with van der Waals surface area (Å²) in [5, 5.41) is 3.43. The first-order valence-corrected chi connectivity index (χ1v) is 11.0. The van der Waals surface area contributed by atoms with E-state index in [1.165, 1.54) is 22.1 Å². The monoisotopic (exact) mass is 465 g/mol. The molecule has 1 N–H and O–H groups in total. The summed E-state index contributed by atoms with van der Waals surface area (Å²) < 4.78 is 23.4. The predicted molar refractivity (Wildman–Crippen MR) is 115 cm³/mol. The van der Waals surface area contributed by atoms with Gasteiger partial charge in [-0.05, 0) is 36.4 Å². The lowest BCUT2D eigenvalue weighted by Crippen LogP contribution is -2.43. The van der Waals surface area contributed by atoms with Gasteiger partial charge in [-0.3, -0.25) is 14.5 Å². The molecule has 2 fully saturated rings. The number of benzene rings is 1. The molecule has 172 valence electrons.